The molecule has 0 spiro atoms. The Balaban J connectivity index is 1.91. The van der Waals surface area contributed by atoms with Crippen LogP contribution in [0.15, 0.2) is 36.5 Å². The second-order valence-electron chi connectivity index (χ2n) is 4.36. The van der Waals surface area contributed by atoms with Gasteiger partial charge in [-0.15, -0.1) is 0 Å². The van der Waals surface area contributed by atoms with E-state index in [1.54, 1.807) is 6.20 Å². The van der Waals surface area contributed by atoms with E-state index in [2.05, 4.69) is 10.3 Å². The normalized spacial score (nSPS) is 19.9. The van der Waals surface area contributed by atoms with Crippen molar-refractivity contribution in [3.63, 3.8) is 0 Å². The molecule has 1 fully saturated rings. The Bertz CT molecular complexity index is 579. The van der Waals surface area contributed by atoms with Crippen LogP contribution < -0.4 is 5.32 Å². The second kappa shape index (κ2) is 5.08. The number of benzene rings is 1. The Kier molecular flexibility index (Phi) is 3.30. The number of aromatic nitrogens is 1. The summed E-state index contributed by atoms with van der Waals surface area (Å²) in [5.41, 5.74) is 1.70. The molecule has 4 heteroatoms. The van der Waals surface area contributed by atoms with Crippen molar-refractivity contribution in [2.75, 3.05) is 18.1 Å². The Morgan fingerprint density at radius 2 is 2.33 bits per heavy atom. The van der Waals surface area contributed by atoms with Gasteiger partial charge in [0, 0.05) is 35.2 Å². The third-order valence-corrected chi connectivity index (χ3v) is 4.19. The molecule has 3 rings (SSSR count). The van der Waals surface area contributed by atoms with Gasteiger partial charge in [-0.2, -0.15) is 11.8 Å². The number of thioether (sulfide) groups is 1. The number of hydrogen-bond acceptors (Lipinski definition) is 4. The Labute approximate surface area is 110 Å². The summed E-state index contributed by atoms with van der Waals surface area (Å²) in [7, 11) is 0. The van der Waals surface area contributed by atoms with Crippen molar-refractivity contribution in [3.05, 3.63) is 42.1 Å². The highest BCUT2D eigenvalue weighted by molar-refractivity contribution is 7.99. The summed E-state index contributed by atoms with van der Waals surface area (Å²) in [5.74, 6) is 2.14. The molecule has 0 bridgehead atoms. The van der Waals surface area contributed by atoms with Crippen LogP contribution in [0.4, 0.5) is 0 Å². The van der Waals surface area contributed by atoms with Crippen molar-refractivity contribution in [1.82, 2.24) is 10.3 Å². The van der Waals surface area contributed by atoms with Crippen LogP contribution in [0.1, 0.15) is 10.4 Å². The number of nitrogens with one attached hydrogen (secondary N) is 1. The first-order valence-corrected chi connectivity index (χ1v) is 7.20. The average molecular weight is 258 g/mol. The number of carbonyl (C=O) groups is 1. The van der Waals surface area contributed by atoms with Gasteiger partial charge in [0.15, 0.2) is 5.78 Å². The quantitative estimate of drug-likeness (QED) is 0.838. The number of pyridine rings is 1. The van der Waals surface area contributed by atoms with Crippen molar-refractivity contribution in [2.24, 2.45) is 0 Å². The zero-order chi connectivity index (χ0) is 12.4. The molecule has 18 heavy (non-hydrogen) atoms. The Hall–Kier alpha value is -1.39. The summed E-state index contributed by atoms with van der Waals surface area (Å²) in [4.78, 5) is 16.6. The third kappa shape index (κ3) is 2.26. The van der Waals surface area contributed by atoms with Crippen LogP contribution in [-0.4, -0.2) is 34.9 Å². The van der Waals surface area contributed by atoms with Crippen molar-refractivity contribution in [1.29, 1.82) is 0 Å². The number of ketones is 1. The molecule has 0 saturated carbocycles. The van der Waals surface area contributed by atoms with Gasteiger partial charge in [-0.1, -0.05) is 6.07 Å². The summed E-state index contributed by atoms with van der Waals surface area (Å²) in [6.45, 7) is 0.913. The van der Waals surface area contributed by atoms with Gasteiger partial charge in [0.2, 0.25) is 0 Å². The smallest absolute Gasteiger partial charge is 0.180 e. The lowest BCUT2D eigenvalue weighted by Gasteiger charge is -2.21. The lowest BCUT2D eigenvalue weighted by Crippen LogP contribution is -2.43. The molecular weight excluding hydrogens is 244 g/mol. The standard InChI is InChI=1S/C14H14N2OS/c17-14(13-9-18-7-6-16-13)11-3-4-12-10(8-11)2-1-5-15-12/h1-5,8,13,16H,6-7,9H2. The minimum absolute atomic E-state index is 0.0436. The molecule has 92 valence electrons. The maximum Gasteiger partial charge on any atom is 0.180 e. The first kappa shape index (κ1) is 11.7. The molecule has 3 nitrogen and oxygen atoms in total. The van der Waals surface area contributed by atoms with Crippen LogP contribution in [0.2, 0.25) is 0 Å². The maximum atomic E-state index is 12.3. The highest BCUT2D eigenvalue weighted by Gasteiger charge is 2.22. The number of Topliss-reactive ketones (excluding diaryl/α,β-unsaturated/α-hetero) is 1. The number of nitrogens with zero attached hydrogens (tertiary/aromatic N) is 1. The Morgan fingerprint density at radius 3 is 3.17 bits per heavy atom. The van der Waals surface area contributed by atoms with Crippen molar-refractivity contribution in [2.45, 2.75) is 6.04 Å². The summed E-state index contributed by atoms with van der Waals surface area (Å²) in [6, 6.07) is 9.56. The fourth-order valence-electron chi connectivity index (χ4n) is 2.16. The molecule has 1 aliphatic heterocycles. The van der Waals surface area contributed by atoms with Gasteiger partial charge < -0.3 is 5.32 Å². The van der Waals surface area contributed by atoms with Gasteiger partial charge in [-0.3, -0.25) is 9.78 Å². The zero-order valence-corrected chi connectivity index (χ0v) is 10.7. The van der Waals surface area contributed by atoms with E-state index in [1.165, 1.54) is 0 Å². The van der Waals surface area contributed by atoms with Crippen LogP contribution in [0.5, 0.6) is 0 Å². The molecule has 1 saturated heterocycles. The number of rotatable bonds is 2. The molecule has 0 radical (unpaired) electrons. The van der Waals surface area contributed by atoms with Gasteiger partial charge in [0.25, 0.3) is 0 Å². The van der Waals surface area contributed by atoms with E-state index in [1.807, 2.05) is 42.1 Å². The fourth-order valence-corrected chi connectivity index (χ4v) is 3.10. The summed E-state index contributed by atoms with van der Waals surface area (Å²) >= 11 is 1.83. The van der Waals surface area contributed by atoms with Gasteiger partial charge in [-0.05, 0) is 24.3 Å². The van der Waals surface area contributed by atoms with Crippen LogP contribution in [0.25, 0.3) is 10.9 Å². The SMILES string of the molecule is O=C(c1ccc2ncccc2c1)C1CSCCN1. The van der Waals surface area contributed by atoms with Gasteiger partial charge >= 0.3 is 0 Å². The van der Waals surface area contributed by atoms with E-state index >= 15 is 0 Å². The van der Waals surface area contributed by atoms with Crippen molar-refractivity contribution >= 4 is 28.4 Å². The predicted molar refractivity (Wildman–Crippen MR) is 75.2 cm³/mol. The topological polar surface area (TPSA) is 42.0 Å². The zero-order valence-electron chi connectivity index (χ0n) is 9.93. The maximum absolute atomic E-state index is 12.3. The van der Waals surface area contributed by atoms with Crippen LogP contribution in [0.3, 0.4) is 0 Å². The predicted octanol–water partition coefficient (Wildman–Crippen LogP) is 2.12. The van der Waals surface area contributed by atoms with Gasteiger partial charge in [-0.25, -0.2) is 0 Å². The lowest BCUT2D eigenvalue weighted by atomic mass is 10.0. The molecule has 1 atom stereocenters. The summed E-state index contributed by atoms with van der Waals surface area (Å²) in [5, 5.41) is 4.30. The molecule has 1 aliphatic rings. The first-order valence-electron chi connectivity index (χ1n) is 6.05. The van der Waals surface area contributed by atoms with Crippen LogP contribution in [-0.2, 0) is 0 Å². The molecule has 1 N–H and O–H groups in total. The second-order valence-corrected chi connectivity index (χ2v) is 5.51. The summed E-state index contributed by atoms with van der Waals surface area (Å²) < 4.78 is 0. The molecule has 0 amide bonds. The summed E-state index contributed by atoms with van der Waals surface area (Å²) in [6.07, 6.45) is 1.77. The Morgan fingerprint density at radius 1 is 1.39 bits per heavy atom. The van der Waals surface area contributed by atoms with E-state index in [0.717, 1.165) is 34.5 Å². The van der Waals surface area contributed by atoms with Gasteiger partial charge in [0.05, 0.1) is 11.6 Å². The minimum atomic E-state index is -0.0436. The van der Waals surface area contributed by atoms with E-state index in [0.29, 0.717) is 0 Å². The molecule has 1 unspecified atom stereocenters. The van der Waals surface area contributed by atoms with E-state index in [4.69, 9.17) is 0 Å². The van der Waals surface area contributed by atoms with Crippen LogP contribution in [0, 0.1) is 0 Å². The average Bonchev–Trinajstić information content (AvgIpc) is 2.47. The highest BCUT2D eigenvalue weighted by Crippen LogP contribution is 2.17. The van der Waals surface area contributed by atoms with Crippen LogP contribution >= 0.6 is 11.8 Å². The largest absolute Gasteiger partial charge is 0.306 e. The minimum Gasteiger partial charge on any atom is -0.306 e. The third-order valence-electron chi connectivity index (χ3n) is 3.13. The van der Waals surface area contributed by atoms with Gasteiger partial charge in [0.1, 0.15) is 0 Å². The highest BCUT2D eigenvalue weighted by atomic mass is 32.2. The van der Waals surface area contributed by atoms with Crippen molar-refractivity contribution in [3.8, 4) is 0 Å². The molecule has 2 heterocycles. The first-order chi connectivity index (χ1) is 8.84. The molecule has 1 aromatic heterocycles. The molecule has 2 aromatic rings. The molecule has 0 aliphatic carbocycles. The number of hydrogen-bond donors (Lipinski definition) is 1. The number of carbonyl (C=O) groups excluding carboxylic acids is 1. The van der Waals surface area contributed by atoms with E-state index < -0.39 is 0 Å². The fraction of sp³-hybridized carbons (Fsp3) is 0.286. The monoisotopic (exact) mass is 258 g/mol. The van der Waals surface area contributed by atoms with E-state index in [9.17, 15) is 4.79 Å². The van der Waals surface area contributed by atoms with Crippen molar-refractivity contribution < 1.29 is 4.79 Å². The molecular formula is C14H14N2OS. The number of fused-ring (bicyclic) bond motifs is 1. The van der Waals surface area contributed by atoms with E-state index in [-0.39, 0.29) is 11.8 Å². The molecule has 1 aromatic carbocycles. The lowest BCUT2D eigenvalue weighted by molar-refractivity contribution is 0.0953.